The number of benzene rings is 2. The molecule has 0 amide bonds. The molecule has 0 spiro atoms. The molecule has 2 aromatic carbocycles. The molecule has 0 aliphatic carbocycles. The van der Waals surface area contributed by atoms with Gasteiger partial charge in [0.2, 0.25) is 0 Å². The molecule has 2 aromatic rings. The van der Waals surface area contributed by atoms with Crippen molar-refractivity contribution < 1.29 is 18.3 Å². The van der Waals surface area contributed by atoms with Gasteiger partial charge in [0.25, 0.3) is 0 Å². The zero-order valence-electron chi connectivity index (χ0n) is 9.00. The molecule has 0 aliphatic rings. The van der Waals surface area contributed by atoms with Gasteiger partial charge in [-0.3, -0.25) is 0 Å². The quantitative estimate of drug-likeness (QED) is 0.889. The lowest BCUT2D eigenvalue weighted by atomic mass is 10.0. The Bertz CT molecular complexity index is 566. The summed E-state index contributed by atoms with van der Waals surface area (Å²) in [4.78, 5) is 0. The Morgan fingerprint density at radius 3 is 2.11 bits per heavy atom. The largest absolute Gasteiger partial charge is 0.383 e. The van der Waals surface area contributed by atoms with Crippen molar-refractivity contribution in [2.24, 2.45) is 0 Å². The summed E-state index contributed by atoms with van der Waals surface area (Å²) in [5.74, 6) is -2.35. The first-order chi connectivity index (χ1) is 8.50. The summed E-state index contributed by atoms with van der Waals surface area (Å²) in [5.41, 5.74) is -0.404. The van der Waals surface area contributed by atoms with E-state index in [1.165, 1.54) is 18.2 Å². The summed E-state index contributed by atoms with van der Waals surface area (Å²) in [6, 6.07) is 7.06. The summed E-state index contributed by atoms with van der Waals surface area (Å²) >= 11 is 2.96. The second kappa shape index (κ2) is 5.12. The molecule has 1 atom stereocenters. The Morgan fingerprint density at radius 2 is 1.56 bits per heavy atom. The fourth-order valence-corrected chi connectivity index (χ4v) is 1.87. The minimum atomic E-state index is -1.55. The van der Waals surface area contributed by atoms with Crippen LogP contribution in [0.25, 0.3) is 0 Å². The van der Waals surface area contributed by atoms with Crippen molar-refractivity contribution >= 4 is 15.9 Å². The van der Waals surface area contributed by atoms with Crippen LogP contribution in [0.15, 0.2) is 40.9 Å². The van der Waals surface area contributed by atoms with Crippen LogP contribution in [0.1, 0.15) is 17.2 Å². The molecule has 2 rings (SSSR count). The van der Waals surface area contributed by atoms with Crippen molar-refractivity contribution in [3.8, 4) is 0 Å². The van der Waals surface area contributed by atoms with Crippen LogP contribution in [-0.2, 0) is 0 Å². The maximum atomic E-state index is 13.5. The van der Waals surface area contributed by atoms with Gasteiger partial charge in [0, 0.05) is 0 Å². The summed E-state index contributed by atoms with van der Waals surface area (Å²) in [5, 5.41) is 9.91. The number of hydrogen-bond donors (Lipinski definition) is 1. The van der Waals surface area contributed by atoms with E-state index >= 15 is 0 Å². The number of rotatable bonds is 2. The summed E-state index contributed by atoms with van der Waals surface area (Å²) in [6.07, 6.45) is -1.55. The molecule has 5 heteroatoms. The average Bonchev–Trinajstić information content (AvgIpc) is 2.32. The van der Waals surface area contributed by atoms with Crippen molar-refractivity contribution in [2.75, 3.05) is 0 Å². The predicted molar refractivity (Wildman–Crippen MR) is 64.5 cm³/mol. The molecule has 0 bridgehead atoms. The molecule has 0 aromatic heterocycles. The van der Waals surface area contributed by atoms with E-state index in [9.17, 15) is 18.3 Å². The molecule has 1 nitrogen and oxygen atoms in total. The van der Waals surface area contributed by atoms with E-state index in [2.05, 4.69) is 15.9 Å². The Balaban J connectivity index is 2.48. The molecule has 94 valence electrons. The smallest absolute Gasteiger partial charge is 0.137 e. The summed E-state index contributed by atoms with van der Waals surface area (Å²) < 4.78 is 40.5. The van der Waals surface area contributed by atoms with Crippen molar-refractivity contribution in [1.29, 1.82) is 0 Å². The van der Waals surface area contributed by atoms with Crippen LogP contribution in [0, 0.1) is 17.5 Å². The second-order valence-corrected chi connectivity index (χ2v) is 4.57. The van der Waals surface area contributed by atoms with E-state index in [1.54, 1.807) is 0 Å². The van der Waals surface area contributed by atoms with Gasteiger partial charge in [-0.05, 0) is 45.8 Å². The monoisotopic (exact) mass is 316 g/mol. The normalized spacial score (nSPS) is 12.5. The molecule has 0 aliphatic heterocycles. The lowest BCUT2D eigenvalue weighted by Crippen LogP contribution is -2.06. The highest BCUT2D eigenvalue weighted by Gasteiger charge is 2.20. The van der Waals surface area contributed by atoms with E-state index < -0.39 is 29.1 Å². The third-order valence-electron chi connectivity index (χ3n) is 2.53. The standard InChI is InChI=1S/C13H8BrF3O/c14-8-5-4-7(6-11(8)17)13(18)12-9(15)2-1-3-10(12)16/h1-6,13,18H. The Morgan fingerprint density at radius 1 is 0.944 bits per heavy atom. The molecule has 1 N–H and O–H groups in total. The van der Waals surface area contributed by atoms with E-state index in [-0.39, 0.29) is 10.0 Å². The summed E-state index contributed by atoms with van der Waals surface area (Å²) in [6.45, 7) is 0. The van der Waals surface area contributed by atoms with Crippen LogP contribution in [0.2, 0.25) is 0 Å². The number of hydrogen-bond acceptors (Lipinski definition) is 1. The van der Waals surface area contributed by atoms with Crippen LogP contribution in [0.4, 0.5) is 13.2 Å². The van der Waals surface area contributed by atoms with Gasteiger partial charge < -0.3 is 5.11 Å². The van der Waals surface area contributed by atoms with Gasteiger partial charge in [-0.15, -0.1) is 0 Å². The second-order valence-electron chi connectivity index (χ2n) is 3.71. The fraction of sp³-hybridized carbons (Fsp3) is 0.0769. The van der Waals surface area contributed by atoms with E-state index in [0.29, 0.717) is 0 Å². The SMILES string of the molecule is OC(c1ccc(Br)c(F)c1)c1c(F)cccc1F. The van der Waals surface area contributed by atoms with Crippen LogP contribution in [0.5, 0.6) is 0 Å². The predicted octanol–water partition coefficient (Wildman–Crippen LogP) is 3.95. The highest BCUT2D eigenvalue weighted by atomic mass is 79.9. The van der Waals surface area contributed by atoms with Crippen molar-refractivity contribution in [2.45, 2.75) is 6.10 Å². The Labute approximate surface area is 110 Å². The van der Waals surface area contributed by atoms with Gasteiger partial charge >= 0.3 is 0 Å². The van der Waals surface area contributed by atoms with Crippen molar-refractivity contribution in [3.05, 3.63) is 69.4 Å². The Kier molecular flexibility index (Phi) is 3.73. The van der Waals surface area contributed by atoms with Gasteiger partial charge in [-0.25, -0.2) is 13.2 Å². The molecule has 1 unspecified atom stereocenters. The minimum Gasteiger partial charge on any atom is -0.383 e. The number of aliphatic hydroxyl groups is 1. The molecule has 0 radical (unpaired) electrons. The number of aliphatic hydroxyl groups excluding tert-OH is 1. The highest BCUT2D eigenvalue weighted by Crippen LogP contribution is 2.28. The highest BCUT2D eigenvalue weighted by molar-refractivity contribution is 9.10. The third kappa shape index (κ3) is 2.42. The average molecular weight is 317 g/mol. The number of halogens is 4. The fourth-order valence-electron chi connectivity index (χ4n) is 1.62. The van der Waals surface area contributed by atoms with Crippen LogP contribution < -0.4 is 0 Å². The first-order valence-corrected chi connectivity index (χ1v) is 5.87. The van der Waals surface area contributed by atoms with E-state index in [0.717, 1.165) is 18.2 Å². The van der Waals surface area contributed by atoms with Gasteiger partial charge in [0.15, 0.2) is 0 Å². The molecule has 0 saturated heterocycles. The van der Waals surface area contributed by atoms with Gasteiger partial charge in [-0.1, -0.05) is 12.1 Å². The van der Waals surface area contributed by atoms with Gasteiger partial charge in [0.1, 0.15) is 23.6 Å². The van der Waals surface area contributed by atoms with Crippen LogP contribution in [0.3, 0.4) is 0 Å². The first-order valence-electron chi connectivity index (χ1n) is 5.07. The van der Waals surface area contributed by atoms with E-state index in [4.69, 9.17) is 0 Å². The molecule has 0 fully saturated rings. The Hall–Kier alpha value is -1.33. The third-order valence-corrected chi connectivity index (χ3v) is 3.18. The maximum Gasteiger partial charge on any atom is 0.137 e. The summed E-state index contributed by atoms with van der Waals surface area (Å²) in [7, 11) is 0. The lowest BCUT2D eigenvalue weighted by molar-refractivity contribution is 0.208. The molecular formula is C13H8BrF3O. The van der Waals surface area contributed by atoms with Crippen LogP contribution >= 0.6 is 15.9 Å². The topological polar surface area (TPSA) is 20.2 Å². The maximum absolute atomic E-state index is 13.5. The van der Waals surface area contributed by atoms with Crippen molar-refractivity contribution in [3.63, 3.8) is 0 Å². The van der Waals surface area contributed by atoms with E-state index in [1.807, 2.05) is 0 Å². The van der Waals surface area contributed by atoms with Gasteiger partial charge in [0.05, 0.1) is 10.0 Å². The van der Waals surface area contributed by atoms with Crippen molar-refractivity contribution in [1.82, 2.24) is 0 Å². The molecule has 0 heterocycles. The van der Waals surface area contributed by atoms with Crippen LogP contribution in [-0.4, -0.2) is 5.11 Å². The molecular weight excluding hydrogens is 309 g/mol. The lowest BCUT2D eigenvalue weighted by Gasteiger charge is -2.13. The minimum absolute atomic E-state index is 0.0831. The first kappa shape index (κ1) is 13.1. The zero-order chi connectivity index (χ0) is 13.3. The zero-order valence-corrected chi connectivity index (χ0v) is 10.6. The molecule has 0 saturated carbocycles. The van der Waals surface area contributed by atoms with Gasteiger partial charge in [-0.2, -0.15) is 0 Å². The molecule has 18 heavy (non-hydrogen) atoms.